The minimum absolute atomic E-state index is 0.0414. The minimum Gasteiger partial charge on any atom is -0.396 e. The first-order valence-electron chi connectivity index (χ1n) is 8.48. The third-order valence-corrected chi connectivity index (χ3v) is 5.24. The molecule has 23 heavy (non-hydrogen) atoms. The van der Waals surface area contributed by atoms with E-state index in [1.807, 2.05) is 13.8 Å². The van der Waals surface area contributed by atoms with E-state index in [0.29, 0.717) is 25.8 Å². The van der Waals surface area contributed by atoms with Gasteiger partial charge in [0.15, 0.2) is 0 Å². The number of hydrogen-bond donors (Lipinski definition) is 3. The van der Waals surface area contributed by atoms with Gasteiger partial charge in [0, 0.05) is 19.2 Å². The smallest absolute Gasteiger partial charge is 0.391 e. The third kappa shape index (κ3) is 6.20. The summed E-state index contributed by atoms with van der Waals surface area (Å²) in [5.74, 6) is -1.32. The summed E-state index contributed by atoms with van der Waals surface area (Å²) in [6.07, 6.45) is -0.767. The molecule has 2 amide bonds. The van der Waals surface area contributed by atoms with Crippen molar-refractivity contribution in [2.45, 2.75) is 71.0 Å². The maximum absolute atomic E-state index is 12.8. The van der Waals surface area contributed by atoms with Gasteiger partial charge >= 0.3 is 12.2 Å². The number of urea groups is 1. The number of rotatable bonds is 7. The molecule has 4 nitrogen and oxygen atoms in total. The molecule has 1 aliphatic rings. The molecule has 0 aromatic carbocycles. The SMILES string of the molecule is CCC(CC)(CCO)CNC(=O)NC1CCCC(C(F)(F)F)C1. The van der Waals surface area contributed by atoms with Crippen molar-refractivity contribution < 1.29 is 23.1 Å². The minimum atomic E-state index is -4.18. The van der Waals surface area contributed by atoms with Crippen molar-refractivity contribution in [1.82, 2.24) is 10.6 Å². The molecule has 2 unspecified atom stereocenters. The van der Waals surface area contributed by atoms with Crippen molar-refractivity contribution in [1.29, 1.82) is 0 Å². The number of nitrogens with one attached hydrogen (secondary N) is 2. The summed E-state index contributed by atoms with van der Waals surface area (Å²) in [5.41, 5.74) is -0.160. The molecule has 0 aromatic heterocycles. The summed E-state index contributed by atoms with van der Waals surface area (Å²) >= 11 is 0. The van der Waals surface area contributed by atoms with E-state index in [-0.39, 0.29) is 24.9 Å². The number of carbonyl (C=O) groups is 1. The Morgan fingerprint density at radius 2 is 1.87 bits per heavy atom. The van der Waals surface area contributed by atoms with E-state index in [9.17, 15) is 18.0 Å². The molecule has 0 aromatic rings. The highest BCUT2D eigenvalue weighted by Gasteiger charge is 2.42. The Bertz CT molecular complexity index is 371. The van der Waals surface area contributed by atoms with E-state index < -0.39 is 24.2 Å². The Hall–Kier alpha value is -0.980. The molecule has 1 aliphatic carbocycles. The quantitative estimate of drug-likeness (QED) is 0.664. The van der Waals surface area contributed by atoms with Crippen LogP contribution in [0.15, 0.2) is 0 Å². The first-order chi connectivity index (χ1) is 10.8. The molecule has 0 bridgehead atoms. The van der Waals surface area contributed by atoms with Gasteiger partial charge in [0.25, 0.3) is 0 Å². The zero-order chi connectivity index (χ0) is 17.5. The number of halogens is 3. The predicted molar refractivity (Wildman–Crippen MR) is 83.1 cm³/mol. The maximum Gasteiger partial charge on any atom is 0.391 e. The van der Waals surface area contributed by atoms with E-state index in [1.54, 1.807) is 0 Å². The van der Waals surface area contributed by atoms with Crippen molar-refractivity contribution in [3.63, 3.8) is 0 Å². The van der Waals surface area contributed by atoms with E-state index in [0.717, 1.165) is 12.8 Å². The van der Waals surface area contributed by atoms with E-state index >= 15 is 0 Å². The van der Waals surface area contributed by atoms with Gasteiger partial charge in [-0.15, -0.1) is 0 Å². The van der Waals surface area contributed by atoms with E-state index in [2.05, 4.69) is 10.6 Å². The topological polar surface area (TPSA) is 61.4 Å². The summed E-state index contributed by atoms with van der Waals surface area (Å²) in [4.78, 5) is 12.0. The lowest BCUT2D eigenvalue weighted by Gasteiger charge is -2.33. The lowest BCUT2D eigenvalue weighted by molar-refractivity contribution is -0.183. The van der Waals surface area contributed by atoms with Crippen molar-refractivity contribution in [2.75, 3.05) is 13.2 Å². The fraction of sp³-hybridized carbons (Fsp3) is 0.938. The predicted octanol–water partition coefficient (Wildman–Crippen LogP) is 3.60. The van der Waals surface area contributed by atoms with Crippen molar-refractivity contribution >= 4 is 6.03 Å². The van der Waals surface area contributed by atoms with Crippen LogP contribution in [0.5, 0.6) is 0 Å². The molecule has 1 rings (SSSR count). The average Bonchev–Trinajstić information content (AvgIpc) is 2.51. The Morgan fingerprint density at radius 1 is 1.22 bits per heavy atom. The fourth-order valence-corrected chi connectivity index (χ4v) is 3.30. The summed E-state index contributed by atoms with van der Waals surface area (Å²) < 4.78 is 38.3. The molecule has 0 spiro atoms. The Balaban J connectivity index is 2.47. The van der Waals surface area contributed by atoms with Gasteiger partial charge in [0.2, 0.25) is 0 Å². The van der Waals surface area contributed by atoms with Crippen LogP contribution in [-0.2, 0) is 0 Å². The van der Waals surface area contributed by atoms with Crippen LogP contribution in [0.3, 0.4) is 0 Å². The highest BCUT2D eigenvalue weighted by atomic mass is 19.4. The summed E-state index contributed by atoms with van der Waals surface area (Å²) in [7, 11) is 0. The second-order valence-electron chi connectivity index (χ2n) is 6.61. The first-order valence-corrected chi connectivity index (χ1v) is 8.48. The van der Waals surface area contributed by atoms with Gasteiger partial charge < -0.3 is 15.7 Å². The molecule has 0 radical (unpaired) electrons. The van der Waals surface area contributed by atoms with Gasteiger partial charge in [-0.3, -0.25) is 0 Å². The number of carbonyl (C=O) groups excluding carboxylic acids is 1. The van der Waals surface area contributed by atoms with Crippen molar-refractivity contribution in [3.05, 3.63) is 0 Å². The van der Waals surface area contributed by atoms with Crippen LogP contribution in [0, 0.1) is 11.3 Å². The monoisotopic (exact) mass is 338 g/mol. The van der Waals surface area contributed by atoms with Crippen LogP contribution < -0.4 is 10.6 Å². The first kappa shape index (κ1) is 20.1. The summed E-state index contributed by atoms with van der Waals surface area (Å²) in [6.45, 7) is 4.49. The fourth-order valence-electron chi connectivity index (χ4n) is 3.30. The summed E-state index contributed by atoms with van der Waals surface area (Å²) in [5, 5.41) is 14.6. The number of amides is 2. The normalized spacial score (nSPS) is 22.7. The highest BCUT2D eigenvalue weighted by molar-refractivity contribution is 5.74. The molecule has 3 N–H and O–H groups in total. The molecule has 1 saturated carbocycles. The molecule has 0 saturated heterocycles. The standard InChI is InChI=1S/C16H29F3N2O2/c1-3-15(4-2,8-9-22)11-20-14(23)21-13-7-5-6-12(10-13)16(17,18)19/h12-13,22H,3-11H2,1-2H3,(H2,20,21,23). The van der Waals surface area contributed by atoms with Gasteiger partial charge in [0.05, 0.1) is 5.92 Å². The van der Waals surface area contributed by atoms with Gasteiger partial charge in [-0.2, -0.15) is 13.2 Å². The second-order valence-corrected chi connectivity index (χ2v) is 6.61. The van der Waals surface area contributed by atoms with Crippen LogP contribution in [-0.4, -0.2) is 36.5 Å². The van der Waals surface area contributed by atoms with Crippen molar-refractivity contribution in [2.24, 2.45) is 11.3 Å². The zero-order valence-corrected chi connectivity index (χ0v) is 14.0. The number of alkyl halides is 3. The molecule has 0 aliphatic heterocycles. The molecule has 7 heteroatoms. The third-order valence-electron chi connectivity index (χ3n) is 5.24. The number of aliphatic hydroxyl groups excluding tert-OH is 1. The van der Waals surface area contributed by atoms with Gasteiger partial charge in [0.1, 0.15) is 0 Å². The average molecular weight is 338 g/mol. The highest BCUT2D eigenvalue weighted by Crippen LogP contribution is 2.37. The summed E-state index contributed by atoms with van der Waals surface area (Å²) in [6, 6.07) is -0.840. The number of aliphatic hydroxyl groups is 1. The van der Waals surface area contributed by atoms with Crippen LogP contribution in [0.4, 0.5) is 18.0 Å². The van der Waals surface area contributed by atoms with Crippen LogP contribution >= 0.6 is 0 Å². The molecular weight excluding hydrogens is 309 g/mol. The molecule has 0 heterocycles. The lowest BCUT2D eigenvalue weighted by Crippen LogP contribution is -2.48. The van der Waals surface area contributed by atoms with Gasteiger partial charge in [-0.05, 0) is 43.9 Å². The molecule has 136 valence electrons. The van der Waals surface area contributed by atoms with E-state index in [1.165, 1.54) is 0 Å². The molecule has 1 fully saturated rings. The van der Waals surface area contributed by atoms with E-state index in [4.69, 9.17) is 5.11 Å². The Labute approximate surface area is 136 Å². The van der Waals surface area contributed by atoms with Crippen LogP contribution in [0.25, 0.3) is 0 Å². The molecular formula is C16H29F3N2O2. The number of hydrogen-bond acceptors (Lipinski definition) is 2. The maximum atomic E-state index is 12.8. The van der Waals surface area contributed by atoms with Crippen LogP contribution in [0.2, 0.25) is 0 Å². The lowest BCUT2D eigenvalue weighted by atomic mass is 9.79. The largest absolute Gasteiger partial charge is 0.396 e. The molecule has 2 atom stereocenters. The van der Waals surface area contributed by atoms with Crippen molar-refractivity contribution in [3.8, 4) is 0 Å². The Kier molecular flexibility index (Phi) is 7.64. The van der Waals surface area contributed by atoms with Gasteiger partial charge in [-0.25, -0.2) is 4.79 Å². The Morgan fingerprint density at radius 3 is 2.39 bits per heavy atom. The second kappa shape index (κ2) is 8.76. The van der Waals surface area contributed by atoms with Gasteiger partial charge in [-0.1, -0.05) is 20.3 Å². The zero-order valence-electron chi connectivity index (χ0n) is 14.0. The van der Waals surface area contributed by atoms with Crippen LogP contribution in [0.1, 0.15) is 58.8 Å².